The maximum Gasteiger partial charge on any atom is 0.235 e. The highest BCUT2D eigenvalue weighted by Gasteiger charge is 2.28. The molecule has 0 saturated carbocycles. The summed E-state index contributed by atoms with van der Waals surface area (Å²) in [6, 6.07) is 10.1. The second-order valence-electron chi connectivity index (χ2n) is 5.82. The van der Waals surface area contributed by atoms with Crippen molar-refractivity contribution in [3.05, 3.63) is 35.5 Å². The van der Waals surface area contributed by atoms with Gasteiger partial charge < -0.3 is 14.1 Å². The Hall–Kier alpha value is -2.32. The number of aryl methyl sites for hydroxylation is 1. The molecular formula is C17H19N3O2. The molecule has 0 amide bonds. The molecule has 1 aliphatic rings. The average molecular weight is 297 g/mol. The summed E-state index contributed by atoms with van der Waals surface area (Å²) >= 11 is 0. The third-order valence-corrected chi connectivity index (χ3v) is 3.69. The Kier molecular flexibility index (Phi) is 3.86. The van der Waals surface area contributed by atoms with Gasteiger partial charge in [-0.1, -0.05) is 17.7 Å². The minimum absolute atomic E-state index is 0.0998. The van der Waals surface area contributed by atoms with Crippen LogP contribution in [0.3, 0.4) is 0 Å². The number of rotatable bonds is 2. The summed E-state index contributed by atoms with van der Waals surface area (Å²) in [4.78, 5) is 6.40. The quantitative estimate of drug-likeness (QED) is 0.852. The minimum Gasteiger partial charge on any atom is -0.419 e. The van der Waals surface area contributed by atoms with Gasteiger partial charge in [0.1, 0.15) is 6.07 Å². The third kappa shape index (κ3) is 2.83. The Balaban J connectivity index is 1.97. The largest absolute Gasteiger partial charge is 0.419 e. The normalized spacial score (nSPS) is 21.6. The SMILES string of the molecule is Cc1cccc(-c2nc(C#N)c(N3C[C@H](C)O[C@@H](C)C3)o2)c1. The van der Waals surface area contributed by atoms with Gasteiger partial charge in [-0.25, -0.2) is 0 Å². The van der Waals surface area contributed by atoms with Crippen molar-refractivity contribution in [2.75, 3.05) is 18.0 Å². The van der Waals surface area contributed by atoms with E-state index in [4.69, 9.17) is 9.15 Å². The molecule has 5 heteroatoms. The van der Waals surface area contributed by atoms with Crippen LogP contribution in [0, 0.1) is 18.3 Å². The smallest absolute Gasteiger partial charge is 0.235 e. The number of hydrogen-bond acceptors (Lipinski definition) is 5. The highest BCUT2D eigenvalue weighted by atomic mass is 16.5. The molecule has 0 aliphatic carbocycles. The van der Waals surface area contributed by atoms with Crippen molar-refractivity contribution >= 4 is 5.88 Å². The lowest BCUT2D eigenvalue weighted by Gasteiger charge is -2.34. The van der Waals surface area contributed by atoms with E-state index in [1.165, 1.54) is 0 Å². The third-order valence-electron chi connectivity index (χ3n) is 3.69. The highest BCUT2D eigenvalue weighted by molar-refractivity contribution is 5.60. The number of aromatic nitrogens is 1. The first-order valence-corrected chi connectivity index (χ1v) is 7.45. The van der Waals surface area contributed by atoms with Crippen LogP contribution in [0.1, 0.15) is 25.1 Å². The summed E-state index contributed by atoms with van der Waals surface area (Å²) in [5.74, 6) is 1.03. The molecule has 5 nitrogen and oxygen atoms in total. The fourth-order valence-corrected chi connectivity index (χ4v) is 2.84. The van der Waals surface area contributed by atoms with Crippen LogP contribution in [0.25, 0.3) is 11.5 Å². The number of anilines is 1. The second kappa shape index (κ2) is 5.82. The summed E-state index contributed by atoms with van der Waals surface area (Å²) in [6.07, 6.45) is 0.200. The molecule has 0 N–H and O–H groups in total. The van der Waals surface area contributed by atoms with Gasteiger partial charge >= 0.3 is 0 Å². The number of morpholine rings is 1. The van der Waals surface area contributed by atoms with E-state index < -0.39 is 0 Å². The molecule has 2 atom stereocenters. The van der Waals surface area contributed by atoms with Gasteiger partial charge in [0.05, 0.1) is 12.2 Å². The van der Waals surface area contributed by atoms with Crippen LogP contribution in [0.5, 0.6) is 0 Å². The van der Waals surface area contributed by atoms with Crippen molar-refractivity contribution in [1.82, 2.24) is 4.98 Å². The van der Waals surface area contributed by atoms with Gasteiger partial charge in [0.2, 0.25) is 17.5 Å². The van der Waals surface area contributed by atoms with Gasteiger partial charge in [-0.3, -0.25) is 0 Å². The maximum atomic E-state index is 9.37. The number of nitrogens with zero attached hydrogens (tertiary/aromatic N) is 3. The standard InChI is InChI=1S/C17H19N3O2/c1-11-5-4-6-14(7-11)16-19-15(8-18)17(22-16)20-9-12(2)21-13(3)10-20/h4-7,12-13H,9-10H2,1-3H3/t12-,13-/m0/s1. The fourth-order valence-electron chi connectivity index (χ4n) is 2.84. The summed E-state index contributed by atoms with van der Waals surface area (Å²) in [6.45, 7) is 7.45. The van der Waals surface area contributed by atoms with Crippen molar-refractivity contribution in [1.29, 1.82) is 5.26 Å². The number of oxazole rings is 1. The molecule has 0 radical (unpaired) electrons. The molecule has 1 aromatic carbocycles. The van der Waals surface area contributed by atoms with Gasteiger partial charge in [-0.05, 0) is 32.9 Å². The number of ether oxygens (including phenoxy) is 1. The zero-order chi connectivity index (χ0) is 15.7. The molecule has 114 valence electrons. The first kappa shape index (κ1) is 14.6. The Bertz CT molecular complexity index is 707. The average Bonchev–Trinajstić information content (AvgIpc) is 2.90. The zero-order valence-corrected chi connectivity index (χ0v) is 13.0. The molecule has 2 heterocycles. The minimum atomic E-state index is 0.0998. The van der Waals surface area contributed by atoms with Gasteiger partial charge in [-0.15, -0.1) is 0 Å². The van der Waals surface area contributed by atoms with Crippen molar-refractivity contribution in [3.63, 3.8) is 0 Å². The van der Waals surface area contributed by atoms with Crippen LogP contribution in [0.2, 0.25) is 0 Å². The van der Waals surface area contributed by atoms with E-state index in [0.29, 0.717) is 30.6 Å². The summed E-state index contributed by atoms with van der Waals surface area (Å²) < 4.78 is 11.7. The molecule has 1 saturated heterocycles. The van der Waals surface area contributed by atoms with E-state index in [1.807, 2.05) is 49.9 Å². The predicted molar refractivity (Wildman–Crippen MR) is 83.6 cm³/mol. The maximum absolute atomic E-state index is 9.37. The highest BCUT2D eigenvalue weighted by Crippen LogP contribution is 2.30. The van der Waals surface area contributed by atoms with Crippen LogP contribution >= 0.6 is 0 Å². The van der Waals surface area contributed by atoms with E-state index >= 15 is 0 Å². The lowest BCUT2D eigenvalue weighted by atomic mass is 10.1. The molecule has 0 bridgehead atoms. The van der Waals surface area contributed by atoms with Gasteiger partial charge in [0.15, 0.2) is 0 Å². The first-order valence-electron chi connectivity index (χ1n) is 7.45. The predicted octanol–water partition coefficient (Wildman–Crippen LogP) is 3.14. The van der Waals surface area contributed by atoms with Crippen LogP contribution in [0.15, 0.2) is 28.7 Å². The van der Waals surface area contributed by atoms with Crippen molar-refractivity contribution in [2.45, 2.75) is 33.0 Å². The van der Waals surface area contributed by atoms with Crippen LogP contribution in [-0.4, -0.2) is 30.3 Å². The lowest BCUT2D eigenvalue weighted by Crippen LogP contribution is -2.45. The topological polar surface area (TPSA) is 62.3 Å². The van der Waals surface area contributed by atoms with Gasteiger partial charge in [0, 0.05) is 18.7 Å². The van der Waals surface area contributed by atoms with Crippen LogP contribution in [-0.2, 0) is 4.74 Å². The molecule has 0 unspecified atom stereocenters. The van der Waals surface area contributed by atoms with E-state index in [1.54, 1.807) is 0 Å². The van der Waals surface area contributed by atoms with Gasteiger partial charge in [0.25, 0.3) is 0 Å². The molecule has 1 aromatic heterocycles. The Morgan fingerprint density at radius 2 is 2.00 bits per heavy atom. The van der Waals surface area contributed by atoms with E-state index in [2.05, 4.69) is 11.1 Å². The van der Waals surface area contributed by atoms with Crippen LogP contribution in [0.4, 0.5) is 5.88 Å². The van der Waals surface area contributed by atoms with E-state index in [0.717, 1.165) is 11.1 Å². The molecule has 1 aliphatic heterocycles. The summed E-state index contributed by atoms with van der Waals surface area (Å²) in [5, 5.41) is 9.37. The molecule has 2 aromatic rings. The Morgan fingerprint density at radius 3 is 2.64 bits per heavy atom. The number of nitriles is 1. The molecule has 22 heavy (non-hydrogen) atoms. The van der Waals surface area contributed by atoms with Crippen molar-refractivity contribution in [2.24, 2.45) is 0 Å². The van der Waals surface area contributed by atoms with Crippen molar-refractivity contribution < 1.29 is 9.15 Å². The Labute approximate surface area is 130 Å². The summed E-state index contributed by atoms with van der Waals surface area (Å²) in [7, 11) is 0. The molecular weight excluding hydrogens is 278 g/mol. The fraction of sp³-hybridized carbons (Fsp3) is 0.412. The second-order valence-corrected chi connectivity index (χ2v) is 5.82. The molecule has 3 rings (SSSR count). The lowest BCUT2D eigenvalue weighted by molar-refractivity contribution is -0.00638. The van der Waals surface area contributed by atoms with E-state index in [9.17, 15) is 5.26 Å². The number of hydrogen-bond donors (Lipinski definition) is 0. The van der Waals surface area contributed by atoms with E-state index in [-0.39, 0.29) is 12.2 Å². The Morgan fingerprint density at radius 1 is 1.27 bits per heavy atom. The first-order chi connectivity index (χ1) is 10.6. The van der Waals surface area contributed by atoms with Crippen LogP contribution < -0.4 is 4.90 Å². The van der Waals surface area contributed by atoms with Crippen molar-refractivity contribution in [3.8, 4) is 17.5 Å². The zero-order valence-electron chi connectivity index (χ0n) is 13.0. The molecule has 0 spiro atoms. The monoisotopic (exact) mass is 297 g/mol. The van der Waals surface area contributed by atoms with Gasteiger partial charge in [-0.2, -0.15) is 10.2 Å². The number of benzene rings is 1. The molecule has 1 fully saturated rings. The summed E-state index contributed by atoms with van der Waals surface area (Å²) in [5.41, 5.74) is 2.35.